The lowest BCUT2D eigenvalue weighted by molar-refractivity contribution is -0.140. The molecule has 0 bridgehead atoms. The minimum atomic E-state index is -1.21. The zero-order valence-electron chi connectivity index (χ0n) is 8.50. The molecule has 1 unspecified atom stereocenters. The van der Waals surface area contributed by atoms with Gasteiger partial charge in [-0.15, -0.1) is 0 Å². The van der Waals surface area contributed by atoms with Gasteiger partial charge < -0.3 is 5.11 Å². The lowest BCUT2D eigenvalue weighted by Gasteiger charge is -2.17. The van der Waals surface area contributed by atoms with Gasteiger partial charge in [0.15, 0.2) is 0 Å². The van der Waals surface area contributed by atoms with Crippen LogP contribution in [-0.2, 0) is 4.79 Å². The molecule has 0 aliphatic rings. The van der Waals surface area contributed by atoms with Crippen molar-refractivity contribution in [3.63, 3.8) is 0 Å². The molecule has 0 amide bonds. The topological polar surface area (TPSA) is 37.3 Å². The van der Waals surface area contributed by atoms with Gasteiger partial charge >= 0.3 is 5.97 Å². The summed E-state index contributed by atoms with van der Waals surface area (Å²) in [4.78, 5) is 10.9. The first-order valence-corrected chi connectivity index (χ1v) is 4.62. The molecule has 0 aliphatic heterocycles. The summed E-state index contributed by atoms with van der Waals surface area (Å²) < 4.78 is 26.6. The Hall–Kier alpha value is -1.45. The summed E-state index contributed by atoms with van der Waals surface area (Å²) in [6.07, 6.45) is 0. The fourth-order valence-corrected chi connectivity index (χ4v) is 1.55. The first-order valence-electron chi connectivity index (χ1n) is 4.62. The Bertz CT molecular complexity index is 355. The number of benzene rings is 1. The third kappa shape index (κ3) is 2.32. The third-order valence-electron chi connectivity index (χ3n) is 2.24. The van der Waals surface area contributed by atoms with E-state index in [0.717, 1.165) is 12.1 Å². The molecule has 1 rings (SSSR count). The molecule has 2 nitrogen and oxygen atoms in total. The van der Waals surface area contributed by atoms with Crippen LogP contribution in [0, 0.1) is 17.6 Å². The molecule has 0 aliphatic carbocycles. The zero-order chi connectivity index (χ0) is 11.6. The van der Waals surface area contributed by atoms with Crippen molar-refractivity contribution in [3.05, 3.63) is 35.4 Å². The van der Waals surface area contributed by atoms with Crippen molar-refractivity contribution >= 4 is 5.97 Å². The summed E-state index contributed by atoms with van der Waals surface area (Å²) in [5.74, 6) is -4.35. The second kappa shape index (κ2) is 4.38. The maximum atomic E-state index is 13.3. The zero-order valence-corrected chi connectivity index (χ0v) is 8.50. The third-order valence-corrected chi connectivity index (χ3v) is 2.24. The van der Waals surface area contributed by atoms with Crippen molar-refractivity contribution in [1.29, 1.82) is 0 Å². The van der Waals surface area contributed by atoms with Crippen LogP contribution < -0.4 is 0 Å². The van der Waals surface area contributed by atoms with E-state index >= 15 is 0 Å². The summed E-state index contributed by atoms with van der Waals surface area (Å²) in [5.41, 5.74) is -0.361. The summed E-state index contributed by atoms with van der Waals surface area (Å²) in [6, 6.07) is 3.35. The highest BCUT2D eigenvalue weighted by Gasteiger charge is 2.29. The second-order valence-corrected chi connectivity index (χ2v) is 3.70. The molecule has 0 heterocycles. The predicted molar refractivity (Wildman–Crippen MR) is 51.6 cm³/mol. The van der Waals surface area contributed by atoms with Crippen LogP contribution in [0.2, 0.25) is 0 Å². The minimum Gasteiger partial charge on any atom is -0.481 e. The molecule has 15 heavy (non-hydrogen) atoms. The van der Waals surface area contributed by atoms with Crippen LogP contribution >= 0.6 is 0 Å². The van der Waals surface area contributed by atoms with Crippen molar-refractivity contribution in [2.75, 3.05) is 0 Å². The SMILES string of the molecule is CC(C)C(C(=O)O)c1c(F)cccc1F. The first-order chi connectivity index (χ1) is 6.95. The Balaban J connectivity index is 3.28. The summed E-state index contributed by atoms with van der Waals surface area (Å²) in [7, 11) is 0. The number of hydrogen-bond donors (Lipinski definition) is 1. The van der Waals surface area contributed by atoms with Crippen LogP contribution in [-0.4, -0.2) is 11.1 Å². The molecule has 0 radical (unpaired) electrons. The van der Waals surface area contributed by atoms with Crippen molar-refractivity contribution in [2.24, 2.45) is 5.92 Å². The average Bonchev–Trinajstić information content (AvgIpc) is 2.09. The monoisotopic (exact) mass is 214 g/mol. The van der Waals surface area contributed by atoms with Crippen LogP contribution in [0.3, 0.4) is 0 Å². The molecule has 1 aromatic rings. The van der Waals surface area contributed by atoms with E-state index in [0.29, 0.717) is 0 Å². The number of hydrogen-bond acceptors (Lipinski definition) is 1. The van der Waals surface area contributed by atoms with Gasteiger partial charge in [0, 0.05) is 5.56 Å². The molecule has 0 saturated carbocycles. The number of aliphatic carboxylic acids is 1. The highest BCUT2D eigenvalue weighted by Crippen LogP contribution is 2.29. The van der Waals surface area contributed by atoms with Gasteiger partial charge in [0.1, 0.15) is 11.6 Å². The molecular formula is C11H12F2O2. The fraction of sp³-hybridized carbons (Fsp3) is 0.364. The van der Waals surface area contributed by atoms with Crippen LogP contribution in [0.15, 0.2) is 18.2 Å². The quantitative estimate of drug-likeness (QED) is 0.840. The molecule has 82 valence electrons. The largest absolute Gasteiger partial charge is 0.481 e. The van der Waals surface area contributed by atoms with Crippen LogP contribution in [0.25, 0.3) is 0 Å². The molecular weight excluding hydrogens is 202 g/mol. The van der Waals surface area contributed by atoms with E-state index in [9.17, 15) is 13.6 Å². The fourth-order valence-electron chi connectivity index (χ4n) is 1.55. The van der Waals surface area contributed by atoms with Crippen LogP contribution in [0.5, 0.6) is 0 Å². The molecule has 0 saturated heterocycles. The second-order valence-electron chi connectivity index (χ2n) is 3.70. The Morgan fingerprint density at radius 1 is 1.27 bits per heavy atom. The van der Waals surface area contributed by atoms with Gasteiger partial charge in [0.25, 0.3) is 0 Å². The Kier molecular flexibility index (Phi) is 3.39. The van der Waals surface area contributed by atoms with Crippen molar-refractivity contribution in [2.45, 2.75) is 19.8 Å². The van der Waals surface area contributed by atoms with Gasteiger partial charge in [-0.2, -0.15) is 0 Å². The molecule has 0 spiro atoms. The summed E-state index contributed by atoms with van der Waals surface area (Å²) in [6.45, 7) is 3.23. The molecule has 0 fully saturated rings. The van der Waals surface area contributed by atoms with Gasteiger partial charge in [-0.25, -0.2) is 8.78 Å². The minimum absolute atomic E-state index is 0.361. The van der Waals surface area contributed by atoms with E-state index in [2.05, 4.69) is 0 Å². The van der Waals surface area contributed by atoms with Gasteiger partial charge in [-0.3, -0.25) is 4.79 Å². The molecule has 4 heteroatoms. The Morgan fingerprint density at radius 3 is 2.07 bits per heavy atom. The predicted octanol–water partition coefficient (Wildman–Crippen LogP) is 2.79. The van der Waals surface area contributed by atoms with E-state index in [1.165, 1.54) is 6.07 Å². The van der Waals surface area contributed by atoms with E-state index in [-0.39, 0.29) is 11.5 Å². The number of carbonyl (C=O) groups is 1. The van der Waals surface area contributed by atoms with E-state index in [1.807, 2.05) is 0 Å². The van der Waals surface area contributed by atoms with E-state index in [1.54, 1.807) is 13.8 Å². The number of carboxylic acid groups (broad SMARTS) is 1. The maximum absolute atomic E-state index is 13.3. The summed E-state index contributed by atoms with van der Waals surface area (Å²) in [5, 5.41) is 8.91. The van der Waals surface area contributed by atoms with Gasteiger partial charge in [-0.1, -0.05) is 19.9 Å². The molecule has 1 N–H and O–H groups in total. The van der Waals surface area contributed by atoms with Gasteiger partial charge in [0.05, 0.1) is 5.92 Å². The average molecular weight is 214 g/mol. The number of rotatable bonds is 3. The van der Waals surface area contributed by atoms with Crippen LogP contribution in [0.4, 0.5) is 8.78 Å². The standard InChI is InChI=1S/C11H12F2O2/c1-6(2)9(11(14)15)10-7(12)4-3-5-8(10)13/h3-6,9H,1-2H3,(H,14,15). The van der Waals surface area contributed by atoms with Crippen LogP contribution in [0.1, 0.15) is 25.3 Å². The van der Waals surface area contributed by atoms with Crippen molar-refractivity contribution in [3.8, 4) is 0 Å². The lowest BCUT2D eigenvalue weighted by atomic mass is 9.88. The number of halogens is 2. The lowest BCUT2D eigenvalue weighted by Crippen LogP contribution is -2.20. The maximum Gasteiger partial charge on any atom is 0.311 e. The molecule has 1 atom stereocenters. The number of carboxylic acids is 1. The van der Waals surface area contributed by atoms with Gasteiger partial charge in [0.2, 0.25) is 0 Å². The Labute approximate surface area is 86.5 Å². The Morgan fingerprint density at radius 2 is 1.73 bits per heavy atom. The molecule has 0 aromatic heterocycles. The summed E-state index contributed by atoms with van der Waals surface area (Å²) >= 11 is 0. The molecule has 1 aromatic carbocycles. The van der Waals surface area contributed by atoms with Crippen molar-refractivity contribution in [1.82, 2.24) is 0 Å². The van der Waals surface area contributed by atoms with E-state index < -0.39 is 23.5 Å². The normalized spacial score (nSPS) is 12.9. The van der Waals surface area contributed by atoms with Crippen molar-refractivity contribution < 1.29 is 18.7 Å². The highest BCUT2D eigenvalue weighted by atomic mass is 19.1. The van der Waals surface area contributed by atoms with Gasteiger partial charge in [-0.05, 0) is 18.1 Å². The highest BCUT2D eigenvalue weighted by molar-refractivity contribution is 5.76. The van der Waals surface area contributed by atoms with E-state index in [4.69, 9.17) is 5.11 Å². The smallest absolute Gasteiger partial charge is 0.311 e. The first kappa shape index (κ1) is 11.6.